The molecule has 7 nitrogen and oxygen atoms in total. The van der Waals surface area contributed by atoms with Crippen molar-refractivity contribution in [3.63, 3.8) is 0 Å². The molecular formula is C24H34ClN5O2. The van der Waals surface area contributed by atoms with E-state index in [0.717, 1.165) is 98.9 Å². The summed E-state index contributed by atoms with van der Waals surface area (Å²) in [6.45, 7) is 12.4. The number of aromatic nitrogens is 2. The molecule has 1 N–H and O–H groups in total. The molecule has 0 amide bonds. The molecule has 1 aromatic carbocycles. The fraction of sp³-hybridized carbons (Fsp3) is 0.583. The lowest BCUT2D eigenvalue weighted by Crippen LogP contribution is -2.51. The van der Waals surface area contributed by atoms with E-state index in [1.54, 1.807) is 0 Å². The summed E-state index contributed by atoms with van der Waals surface area (Å²) in [5.41, 5.74) is 3.25. The summed E-state index contributed by atoms with van der Waals surface area (Å²) >= 11 is 6.44. The van der Waals surface area contributed by atoms with E-state index in [0.29, 0.717) is 6.54 Å². The summed E-state index contributed by atoms with van der Waals surface area (Å²) < 4.78 is 5.40. The molecule has 0 spiro atoms. The average Bonchev–Trinajstić information content (AvgIpc) is 2.78. The number of ether oxygens (including phenoxy) is 1. The van der Waals surface area contributed by atoms with Gasteiger partial charge in [0.2, 0.25) is 0 Å². The highest BCUT2D eigenvalue weighted by Crippen LogP contribution is 2.27. The minimum Gasteiger partial charge on any atom is -0.390 e. The maximum Gasteiger partial charge on any atom is 0.136 e. The van der Waals surface area contributed by atoms with Crippen molar-refractivity contribution in [3.8, 4) is 0 Å². The molecule has 4 rings (SSSR count). The van der Waals surface area contributed by atoms with Gasteiger partial charge >= 0.3 is 0 Å². The van der Waals surface area contributed by atoms with Crippen molar-refractivity contribution in [2.24, 2.45) is 0 Å². The summed E-state index contributed by atoms with van der Waals surface area (Å²) in [5, 5.41) is 11.3. The molecule has 174 valence electrons. The number of piperazine rings is 1. The molecule has 8 heteroatoms. The zero-order valence-electron chi connectivity index (χ0n) is 19.1. The van der Waals surface area contributed by atoms with Crippen molar-refractivity contribution >= 4 is 17.4 Å². The molecule has 0 radical (unpaired) electrons. The average molecular weight is 460 g/mol. The van der Waals surface area contributed by atoms with Gasteiger partial charge in [0.15, 0.2) is 0 Å². The molecule has 0 unspecified atom stereocenters. The fourth-order valence-corrected chi connectivity index (χ4v) is 4.80. The number of aliphatic hydroxyl groups excluding tert-OH is 1. The Morgan fingerprint density at radius 2 is 1.62 bits per heavy atom. The minimum absolute atomic E-state index is 0.334. The standard InChI is InChI=1S/C24H34ClN5O2/c1-18-22(15-20-5-3-4-6-23(20)25)24(27-19(2)26-18)30-9-7-28(8-10-30)16-21(31)17-29-11-13-32-14-12-29/h3-6,21,31H,7-17H2,1-2H3/t21-/m0/s1. The van der Waals surface area contributed by atoms with Crippen LogP contribution in [0.2, 0.25) is 5.02 Å². The van der Waals surface area contributed by atoms with E-state index in [-0.39, 0.29) is 6.10 Å². The topological polar surface area (TPSA) is 65.0 Å². The van der Waals surface area contributed by atoms with Crippen molar-refractivity contribution in [2.75, 3.05) is 70.5 Å². The molecule has 3 heterocycles. The van der Waals surface area contributed by atoms with Gasteiger partial charge in [0.1, 0.15) is 11.6 Å². The number of aliphatic hydroxyl groups is 1. The SMILES string of the molecule is Cc1nc(C)c(Cc2ccccc2Cl)c(N2CCN(C[C@H](O)CN3CCOCC3)CC2)n1. The fourth-order valence-electron chi connectivity index (χ4n) is 4.60. The van der Waals surface area contributed by atoms with Crippen LogP contribution in [-0.2, 0) is 11.2 Å². The van der Waals surface area contributed by atoms with E-state index in [1.165, 1.54) is 0 Å². The second-order valence-corrected chi connectivity index (χ2v) is 9.19. The number of halogens is 1. The number of morpholine rings is 1. The van der Waals surface area contributed by atoms with Gasteiger partial charge < -0.3 is 14.7 Å². The van der Waals surface area contributed by atoms with Gasteiger partial charge in [0.25, 0.3) is 0 Å². The van der Waals surface area contributed by atoms with Crippen LogP contribution in [0.25, 0.3) is 0 Å². The van der Waals surface area contributed by atoms with Gasteiger partial charge in [-0.05, 0) is 25.5 Å². The lowest BCUT2D eigenvalue weighted by atomic mass is 10.0. The number of anilines is 1. The van der Waals surface area contributed by atoms with Crippen LogP contribution in [0.3, 0.4) is 0 Å². The normalized spacial score (nSPS) is 19.3. The number of hydrogen-bond acceptors (Lipinski definition) is 7. The predicted molar refractivity (Wildman–Crippen MR) is 128 cm³/mol. The Labute approximate surface area is 196 Å². The van der Waals surface area contributed by atoms with Crippen LogP contribution in [0.4, 0.5) is 5.82 Å². The van der Waals surface area contributed by atoms with Gasteiger partial charge in [-0.3, -0.25) is 9.80 Å². The highest BCUT2D eigenvalue weighted by Gasteiger charge is 2.24. The van der Waals surface area contributed by atoms with E-state index in [1.807, 2.05) is 25.1 Å². The van der Waals surface area contributed by atoms with Gasteiger partial charge in [0, 0.05) is 75.1 Å². The zero-order chi connectivity index (χ0) is 22.5. The van der Waals surface area contributed by atoms with Crippen LogP contribution < -0.4 is 4.90 Å². The third kappa shape index (κ3) is 5.97. The molecule has 2 saturated heterocycles. The smallest absolute Gasteiger partial charge is 0.136 e. The third-order valence-electron chi connectivity index (χ3n) is 6.34. The largest absolute Gasteiger partial charge is 0.390 e. The molecule has 2 aliphatic rings. The Balaban J connectivity index is 1.39. The predicted octanol–water partition coefficient (Wildman–Crippen LogP) is 2.15. The highest BCUT2D eigenvalue weighted by atomic mass is 35.5. The number of β-amino-alcohol motifs (C(OH)–C–C–N with tert-alkyl or cyclic N) is 1. The summed E-state index contributed by atoms with van der Waals surface area (Å²) in [7, 11) is 0. The van der Waals surface area contributed by atoms with E-state index in [4.69, 9.17) is 21.3 Å². The highest BCUT2D eigenvalue weighted by molar-refractivity contribution is 6.31. The van der Waals surface area contributed by atoms with Crippen LogP contribution in [0.15, 0.2) is 24.3 Å². The van der Waals surface area contributed by atoms with E-state index in [9.17, 15) is 5.11 Å². The first kappa shape index (κ1) is 23.4. The number of aryl methyl sites for hydroxylation is 2. The lowest BCUT2D eigenvalue weighted by molar-refractivity contribution is 0.00655. The summed E-state index contributed by atoms with van der Waals surface area (Å²) in [4.78, 5) is 16.5. The minimum atomic E-state index is -0.334. The summed E-state index contributed by atoms with van der Waals surface area (Å²) in [6.07, 6.45) is 0.388. The van der Waals surface area contributed by atoms with Crippen molar-refractivity contribution in [2.45, 2.75) is 26.4 Å². The van der Waals surface area contributed by atoms with Gasteiger partial charge in [-0.25, -0.2) is 9.97 Å². The molecule has 0 bridgehead atoms. The molecule has 2 fully saturated rings. The van der Waals surface area contributed by atoms with E-state index >= 15 is 0 Å². The molecule has 0 saturated carbocycles. The molecule has 1 aromatic heterocycles. The Bertz CT molecular complexity index is 898. The van der Waals surface area contributed by atoms with E-state index < -0.39 is 0 Å². The van der Waals surface area contributed by atoms with Gasteiger partial charge in [-0.2, -0.15) is 0 Å². The third-order valence-corrected chi connectivity index (χ3v) is 6.71. The lowest BCUT2D eigenvalue weighted by Gasteiger charge is -2.38. The van der Waals surface area contributed by atoms with Crippen LogP contribution in [0, 0.1) is 13.8 Å². The number of nitrogens with zero attached hydrogens (tertiary/aromatic N) is 5. The molecule has 1 atom stereocenters. The molecule has 32 heavy (non-hydrogen) atoms. The number of hydrogen-bond donors (Lipinski definition) is 1. The number of benzene rings is 1. The summed E-state index contributed by atoms with van der Waals surface area (Å²) in [5.74, 6) is 1.81. The molecule has 0 aliphatic carbocycles. The first-order chi connectivity index (χ1) is 15.5. The Kier molecular flexibility index (Phi) is 7.97. The monoisotopic (exact) mass is 459 g/mol. The quantitative estimate of drug-likeness (QED) is 0.680. The molecule has 2 aliphatic heterocycles. The Morgan fingerprint density at radius 3 is 2.31 bits per heavy atom. The van der Waals surface area contributed by atoms with Crippen molar-refractivity contribution in [1.82, 2.24) is 19.8 Å². The van der Waals surface area contributed by atoms with Crippen LogP contribution in [0.5, 0.6) is 0 Å². The maximum atomic E-state index is 10.6. The van der Waals surface area contributed by atoms with Crippen molar-refractivity contribution in [1.29, 1.82) is 0 Å². The van der Waals surface area contributed by atoms with Crippen molar-refractivity contribution in [3.05, 3.63) is 51.9 Å². The first-order valence-corrected chi connectivity index (χ1v) is 11.9. The van der Waals surface area contributed by atoms with E-state index in [2.05, 4.69) is 32.7 Å². The summed E-state index contributed by atoms with van der Waals surface area (Å²) in [6, 6.07) is 7.98. The van der Waals surface area contributed by atoms with Crippen LogP contribution in [0.1, 0.15) is 22.6 Å². The second kappa shape index (κ2) is 10.9. The maximum absolute atomic E-state index is 10.6. The van der Waals surface area contributed by atoms with Crippen LogP contribution in [-0.4, -0.2) is 96.6 Å². The zero-order valence-corrected chi connectivity index (χ0v) is 19.9. The Hall–Kier alpha value is -1.77. The van der Waals surface area contributed by atoms with Gasteiger partial charge in [-0.15, -0.1) is 0 Å². The van der Waals surface area contributed by atoms with Crippen LogP contribution >= 0.6 is 11.6 Å². The van der Waals surface area contributed by atoms with Gasteiger partial charge in [-0.1, -0.05) is 29.8 Å². The molecule has 2 aromatic rings. The first-order valence-electron chi connectivity index (χ1n) is 11.5. The van der Waals surface area contributed by atoms with Gasteiger partial charge in [0.05, 0.1) is 19.3 Å². The van der Waals surface area contributed by atoms with Crippen molar-refractivity contribution < 1.29 is 9.84 Å². The number of rotatable bonds is 7. The Morgan fingerprint density at radius 1 is 0.969 bits per heavy atom. The second-order valence-electron chi connectivity index (χ2n) is 8.78. The molecular weight excluding hydrogens is 426 g/mol.